The van der Waals surface area contributed by atoms with Crippen molar-refractivity contribution < 1.29 is 13.2 Å². The molecule has 2 aromatic carbocycles. The van der Waals surface area contributed by atoms with Crippen LogP contribution in [0.1, 0.15) is 41.4 Å². The first-order valence-corrected chi connectivity index (χ1v) is 11.0. The van der Waals surface area contributed by atoms with Crippen LogP contribution in [0, 0.1) is 6.92 Å². The van der Waals surface area contributed by atoms with E-state index in [1.54, 1.807) is 13.0 Å². The molecule has 0 aliphatic rings. The van der Waals surface area contributed by atoms with Gasteiger partial charge in [0.05, 0.1) is 10.9 Å². The zero-order valence-corrected chi connectivity index (χ0v) is 17.2. The normalized spacial score (nSPS) is 12.8. The predicted octanol–water partition coefficient (Wildman–Crippen LogP) is 3.21. The van der Waals surface area contributed by atoms with Gasteiger partial charge in [-0.05, 0) is 43.3 Å². The molecule has 2 rings (SSSR count). The lowest BCUT2D eigenvalue weighted by atomic mass is 10.0. The standard InChI is InChI=1S/C21H28N2O3S/c1-5-23(6-2)20(17-10-8-7-9-11-17)15-22-21(24)19-14-18(27(4,25)26)13-12-16(19)3/h7-14,20H,5-6,15H2,1-4H3,(H,22,24). The highest BCUT2D eigenvalue weighted by atomic mass is 32.2. The van der Waals surface area contributed by atoms with Gasteiger partial charge in [-0.1, -0.05) is 50.2 Å². The van der Waals surface area contributed by atoms with Gasteiger partial charge in [-0.15, -0.1) is 0 Å². The largest absolute Gasteiger partial charge is 0.350 e. The Morgan fingerprint density at radius 1 is 1.07 bits per heavy atom. The number of nitrogens with one attached hydrogen (secondary N) is 1. The molecular formula is C21H28N2O3S. The van der Waals surface area contributed by atoms with Gasteiger partial charge in [0.1, 0.15) is 0 Å². The van der Waals surface area contributed by atoms with Crippen molar-refractivity contribution in [2.45, 2.75) is 31.7 Å². The summed E-state index contributed by atoms with van der Waals surface area (Å²) in [6.07, 6.45) is 1.14. The van der Waals surface area contributed by atoms with E-state index in [9.17, 15) is 13.2 Å². The van der Waals surface area contributed by atoms with Crippen LogP contribution in [0.4, 0.5) is 0 Å². The quantitative estimate of drug-likeness (QED) is 0.754. The third-order valence-electron chi connectivity index (χ3n) is 4.78. The highest BCUT2D eigenvalue weighted by Gasteiger charge is 2.20. The van der Waals surface area contributed by atoms with Gasteiger partial charge >= 0.3 is 0 Å². The van der Waals surface area contributed by atoms with Crippen molar-refractivity contribution in [2.24, 2.45) is 0 Å². The maximum Gasteiger partial charge on any atom is 0.251 e. The number of nitrogens with zero attached hydrogens (tertiary/aromatic N) is 1. The van der Waals surface area contributed by atoms with Gasteiger partial charge in [0.15, 0.2) is 9.84 Å². The van der Waals surface area contributed by atoms with E-state index in [-0.39, 0.29) is 16.8 Å². The van der Waals surface area contributed by atoms with E-state index in [0.717, 1.165) is 30.5 Å². The molecule has 0 spiro atoms. The van der Waals surface area contributed by atoms with Crippen molar-refractivity contribution in [3.05, 3.63) is 65.2 Å². The molecule has 0 saturated carbocycles. The Morgan fingerprint density at radius 3 is 2.26 bits per heavy atom. The Bertz CT molecular complexity index is 876. The van der Waals surface area contributed by atoms with Gasteiger partial charge in [0.2, 0.25) is 0 Å². The van der Waals surface area contributed by atoms with Crippen LogP contribution in [0.25, 0.3) is 0 Å². The lowest BCUT2D eigenvalue weighted by molar-refractivity contribution is 0.0934. The summed E-state index contributed by atoms with van der Waals surface area (Å²) in [7, 11) is -3.36. The zero-order chi connectivity index (χ0) is 20.0. The molecule has 1 N–H and O–H groups in total. The topological polar surface area (TPSA) is 66.5 Å². The van der Waals surface area contributed by atoms with Crippen LogP contribution < -0.4 is 5.32 Å². The van der Waals surface area contributed by atoms with E-state index in [1.165, 1.54) is 12.1 Å². The minimum absolute atomic E-state index is 0.0588. The molecule has 0 bridgehead atoms. The molecule has 0 aliphatic carbocycles. The van der Waals surface area contributed by atoms with Gasteiger partial charge in [0.25, 0.3) is 5.91 Å². The van der Waals surface area contributed by atoms with Crippen LogP contribution in [-0.2, 0) is 9.84 Å². The van der Waals surface area contributed by atoms with Crippen LogP contribution in [0.15, 0.2) is 53.4 Å². The summed E-state index contributed by atoms with van der Waals surface area (Å²) < 4.78 is 23.6. The van der Waals surface area contributed by atoms with Gasteiger partial charge in [-0.3, -0.25) is 9.69 Å². The monoisotopic (exact) mass is 388 g/mol. The molecule has 2 aromatic rings. The lowest BCUT2D eigenvalue weighted by Crippen LogP contribution is -2.38. The molecule has 1 unspecified atom stereocenters. The molecule has 6 heteroatoms. The second-order valence-corrected chi connectivity index (χ2v) is 8.62. The fourth-order valence-corrected chi connectivity index (χ4v) is 3.81. The number of rotatable bonds is 8. The smallest absolute Gasteiger partial charge is 0.251 e. The Hall–Kier alpha value is -2.18. The number of hydrogen-bond acceptors (Lipinski definition) is 4. The SMILES string of the molecule is CCN(CC)C(CNC(=O)c1cc(S(C)(=O)=O)ccc1C)c1ccccc1. The van der Waals surface area contributed by atoms with Crippen molar-refractivity contribution in [1.82, 2.24) is 10.2 Å². The van der Waals surface area contributed by atoms with Gasteiger partial charge in [0, 0.05) is 18.4 Å². The second-order valence-electron chi connectivity index (χ2n) is 6.61. The fourth-order valence-electron chi connectivity index (χ4n) is 3.16. The zero-order valence-electron chi connectivity index (χ0n) is 16.4. The molecule has 0 aliphatic heterocycles. The molecular weight excluding hydrogens is 360 g/mol. The molecule has 146 valence electrons. The number of likely N-dealkylation sites (N-methyl/N-ethyl adjacent to an activating group) is 1. The Morgan fingerprint density at radius 2 is 1.70 bits per heavy atom. The van der Waals surface area contributed by atoms with E-state index in [0.29, 0.717) is 12.1 Å². The highest BCUT2D eigenvalue weighted by Crippen LogP contribution is 2.20. The molecule has 5 nitrogen and oxygen atoms in total. The lowest BCUT2D eigenvalue weighted by Gasteiger charge is -2.30. The molecule has 0 aromatic heterocycles. The first kappa shape index (κ1) is 21.1. The molecule has 0 fully saturated rings. The van der Waals surface area contributed by atoms with Gasteiger partial charge < -0.3 is 5.32 Å². The third kappa shape index (κ3) is 5.40. The summed E-state index contributed by atoms with van der Waals surface area (Å²) in [6.45, 7) is 8.19. The summed E-state index contributed by atoms with van der Waals surface area (Å²) in [4.78, 5) is 15.2. The molecule has 1 amide bonds. The fraction of sp³-hybridized carbons (Fsp3) is 0.381. The molecule has 0 saturated heterocycles. The van der Waals surface area contributed by atoms with Crippen LogP contribution in [0.5, 0.6) is 0 Å². The molecule has 0 heterocycles. The minimum Gasteiger partial charge on any atom is -0.350 e. The maximum absolute atomic E-state index is 12.8. The molecule has 0 radical (unpaired) electrons. The number of carbonyl (C=O) groups is 1. The van der Waals surface area contributed by atoms with E-state index in [1.807, 2.05) is 18.2 Å². The van der Waals surface area contributed by atoms with Crippen LogP contribution >= 0.6 is 0 Å². The number of sulfone groups is 1. The Labute approximate surface area is 162 Å². The van der Waals surface area contributed by atoms with E-state index in [4.69, 9.17) is 0 Å². The van der Waals surface area contributed by atoms with Crippen LogP contribution in [-0.4, -0.2) is 45.1 Å². The number of amides is 1. The van der Waals surface area contributed by atoms with Crippen molar-refractivity contribution in [3.8, 4) is 0 Å². The van der Waals surface area contributed by atoms with Crippen molar-refractivity contribution in [2.75, 3.05) is 25.9 Å². The Kier molecular flexibility index (Phi) is 7.16. The van der Waals surface area contributed by atoms with Crippen molar-refractivity contribution in [1.29, 1.82) is 0 Å². The van der Waals surface area contributed by atoms with Gasteiger partial charge in [-0.25, -0.2) is 8.42 Å². The number of carbonyl (C=O) groups excluding carboxylic acids is 1. The maximum atomic E-state index is 12.8. The van der Waals surface area contributed by atoms with E-state index in [2.05, 4.69) is 36.2 Å². The van der Waals surface area contributed by atoms with Crippen LogP contribution in [0.3, 0.4) is 0 Å². The molecule has 27 heavy (non-hydrogen) atoms. The first-order chi connectivity index (χ1) is 12.8. The van der Waals surface area contributed by atoms with Crippen molar-refractivity contribution >= 4 is 15.7 Å². The number of aryl methyl sites for hydroxylation is 1. The second kappa shape index (κ2) is 9.15. The van der Waals surface area contributed by atoms with Gasteiger partial charge in [-0.2, -0.15) is 0 Å². The van der Waals surface area contributed by atoms with Crippen LogP contribution in [0.2, 0.25) is 0 Å². The van der Waals surface area contributed by atoms with Crippen molar-refractivity contribution in [3.63, 3.8) is 0 Å². The summed E-state index contributed by atoms with van der Waals surface area (Å²) >= 11 is 0. The van der Waals surface area contributed by atoms with E-state index < -0.39 is 9.84 Å². The van der Waals surface area contributed by atoms with E-state index >= 15 is 0 Å². The average Bonchev–Trinajstić information content (AvgIpc) is 2.65. The first-order valence-electron chi connectivity index (χ1n) is 9.15. The Balaban J connectivity index is 2.23. The highest BCUT2D eigenvalue weighted by molar-refractivity contribution is 7.90. The summed E-state index contributed by atoms with van der Waals surface area (Å²) in [6, 6.07) is 14.8. The summed E-state index contributed by atoms with van der Waals surface area (Å²) in [5, 5.41) is 2.99. The number of benzene rings is 2. The number of hydrogen-bond donors (Lipinski definition) is 1. The third-order valence-corrected chi connectivity index (χ3v) is 5.89. The average molecular weight is 389 g/mol. The molecule has 1 atom stereocenters. The predicted molar refractivity (Wildman–Crippen MR) is 109 cm³/mol. The summed E-state index contributed by atoms with van der Waals surface area (Å²) in [5.41, 5.74) is 2.28. The minimum atomic E-state index is -3.36. The summed E-state index contributed by atoms with van der Waals surface area (Å²) in [5.74, 6) is -0.258.